The number of nitrogens with two attached hydrogens (primary N) is 1. The molecule has 0 bridgehead atoms. The van der Waals surface area contributed by atoms with Crippen molar-refractivity contribution in [3.8, 4) is 11.7 Å². The number of halogens is 1. The van der Waals surface area contributed by atoms with Gasteiger partial charge in [0.05, 0.1) is 12.1 Å². The number of benzene rings is 1. The van der Waals surface area contributed by atoms with Gasteiger partial charge in [-0.1, -0.05) is 15.9 Å². The zero-order chi connectivity index (χ0) is 13.0. The molecule has 0 aliphatic heterocycles. The summed E-state index contributed by atoms with van der Waals surface area (Å²) in [5.41, 5.74) is 5.87. The van der Waals surface area contributed by atoms with E-state index >= 15 is 0 Å². The average Bonchev–Trinajstić information content (AvgIpc) is 2.78. The second kappa shape index (κ2) is 5.63. The maximum atomic E-state index is 10.5. The van der Waals surface area contributed by atoms with Gasteiger partial charge in [0.15, 0.2) is 0 Å². The number of amides is 1. The third-order valence-corrected chi connectivity index (χ3v) is 2.67. The summed E-state index contributed by atoms with van der Waals surface area (Å²) in [5, 5.41) is 4.12. The summed E-state index contributed by atoms with van der Waals surface area (Å²) in [6, 6.07) is 7.83. The molecule has 6 nitrogen and oxygen atoms in total. The highest BCUT2D eigenvalue weighted by atomic mass is 79.9. The SMILES string of the molecule is NC(=O)CCOc1ncn(-c2ccc(Br)cc2)n1. The van der Waals surface area contributed by atoms with E-state index in [0.717, 1.165) is 10.2 Å². The second-order valence-corrected chi connectivity index (χ2v) is 4.43. The minimum atomic E-state index is -0.414. The summed E-state index contributed by atoms with van der Waals surface area (Å²) in [7, 11) is 0. The van der Waals surface area contributed by atoms with Crippen LogP contribution in [0.5, 0.6) is 6.01 Å². The molecular weight excluding hydrogens is 300 g/mol. The van der Waals surface area contributed by atoms with Crippen LogP contribution in [0.15, 0.2) is 35.1 Å². The third-order valence-electron chi connectivity index (χ3n) is 2.14. The van der Waals surface area contributed by atoms with Crippen molar-refractivity contribution in [2.45, 2.75) is 6.42 Å². The number of primary amides is 1. The van der Waals surface area contributed by atoms with Crippen LogP contribution in [0.2, 0.25) is 0 Å². The van der Waals surface area contributed by atoms with E-state index in [0.29, 0.717) is 0 Å². The van der Waals surface area contributed by atoms with E-state index in [1.54, 1.807) is 11.0 Å². The monoisotopic (exact) mass is 310 g/mol. The van der Waals surface area contributed by atoms with Crippen LogP contribution in [0.25, 0.3) is 5.69 Å². The van der Waals surface area contributed by atoms with Gasteiger partial charge in [0.2, 0.25) is 5.91 Å². The van der Waals surface area contributed by atoms with E-state index in [4.69, 9.17) is 10.5 Å². The van der Waals surface area contributed by atoms with Gasteiger partial charge in [-0.05, 0) is 24.3 Å². The van der Waals surface area contributed by atoms with Gasteiger partial charge in [-0.2, -0.15) is 4.98 Å². The van der Waals surface area contributed by atoms with E-state index in [2.05, 4.69) is 26.0 Å². The number of carbonyl (C=O) groups is 1. The number of rotatable bonds is 5. The van der Waals surface area contributed by atoms with Crippen LogP contribution in [0.3, 0.4) is 0 Å². The minimum absolute atomic E-state index is 0.146. The third kappa shape index (κ3) is 3.30. The zero-order valence-corrected chi connectivity index (χ0v) is 11.0. The Morgan fingerprint density at radius 2 is 2.11 bits per heavy atom. The lowest BCUT2D eigenvalue weighted by atomic mass is 10.3. The lowest BCUT2D eigenvalue weighted by molar-refractivity contribution is -0.118. The summed E-state index contributed by atoms with van der Waals surface area (Å²) >= 11 is 3.36. The lowest BCUT2D eigenvalue weighted by Crippen LogP contribution is -2.14. The highest BCUT2D eigenvalue weighted by Gasteiger charge is 2.04. The molecule has 7 heteroatoms. The number of carbonyl (C=O) groups excluding carboxylic acids is 1. The highest BCUT2D eigenvalue weighted by molar-refractivity contribution is 9.10. The quantitative estimate of drug-likeness (QED) is 0.902. The molecule has 2 N–H and O–H groups in total. The van der Waals surface area contributed by atoms with Gasteiger partial charge in [-0.25, -0.2) is 4.68 Å². The van der Waals surface area contributed by atoms with Gasteiger partial charge >= 0.3 is 6.01 Å². The molecule has 0 atom stereocenters. The van der Waals surface area contributed by atoms with Crippen molar-refractivity contribution in [3.05, 3.63) is 35.1 Å². The topological polar surface area (TPSA) is 83.0 Å². The van der Waals surface area contributed by atoms with Crippen LogP contribution in [-0.4, -0.2) is 27.3 Å². The Morgan fingerprint density at radius 3 is 2.78 bits per heavy atom. The molecule has 0 aliphatic carbocycles. The van der Waals surface area contributed by atoms with E-state index in [1.807, 2.05) is 24.3 Å². The molecule has 1 amide bonds. The molecule has 2 aromatic rings. The van der Waals surface area contributed by atoms with Gasteiger partial charge in [0.25, 0.3) is 0 Å². The minimum Gasteiger partial charge on any atom is -0.462 e. The van der Waals surface area contributed by atoms with Crippen molar-refractivity contribution in [1.82, 2.24) is 14.8 Å². The van der Waals surface area contributed by atoms with Crippen molar-refractivity contribution in [2.24, 2.45) is 5.73 Å². The maximum Gasteiger partial charge on any atom is 0.335 e. The fourth-order valence-electron chi connectivity index (χ4n) is 1.28. The Balaban J connectivity index is 2.01. The van der Waals surface area contributed by atoms with Crippen LogP contribution >= 0.6 is 15.9 Å². The Bertz CT molecular complexity index is 538. The van der Waals surface area contributed by atoms with E-state index in [1.165, 1.54) is 0 Å². The zero-order valence-electron chi connectivity index (χ0n) is 9.41. The predicted molar refractivity (Wildman–Crippen MR) is 68.4 cm³/mol. The first-order chi connectivity index (χ1) is 8.65. The molecule has 0 unspecified atom stereocenters. The average molecular weight is 311 g/mol. The number of ether oxygens (including phenoxy) is 1. The van der Waals surface area contributed by atoms with Gasteiger partial charge in [-0.15, -0.1) is 5.10 Å². The molecule has 0 spiro atoms. The van der Waals surface area contributed by atoms with Crippen molar-refractivity contribution >= 4 is 21.8 Å². The fourth-order valence-corrected chi connectivity index (χ4v) is 1.54. The Labute approximate surface area is 112 Å². The summed E-state index contributed by atoms with van der Waals surface area (Å²) in [6.45, 7) is 0.180. The van der Waals surface area contributed by atoms with E-state index in [-0.39, 0.29) is 19.0 Å². The molecule has 1 heterocycles. The molecule has 0 saturated carbocycles. The summed E-state index contributed by atoms with van der Waals surface area (Å²) in [6.07, 6.45) is 1.69. The standard InChI is InChI=1S/C11H11BrN4O2/c12-8-1-3-9(4-2-8)16-7-14-11(15-16)18-6-5-10(13)17/h1-4,7H,5-6H2,(H2,13,17). The first-order valence-corrected chi connectivity index (χ1v) is 6.03. The Morgan fingerprint density at radius 1 is 1.39 bits per heavy atom. The fraction of sp³-hybridized carbons (Fsp3) is 0.182. The molecule has 2 rings (SSSR count). The smallest absolute Gasteiger partial charge is 0.335 e. The molecule has 94 valence electrons. The second-order valence-electron chi connectivity index (χ2n) is 3.51. The van der Waals surface area contributed by atoms with Crippen molar-refractivity contribution < 1.29 is 9.53 Å². The van der Waals surface area contributed by atoms with Crippen LogP contribution < -0.4 is 10.5 Å². The first kappa shape index (κ1) is 12.6. The largest absolute Gasteiger partial charge is 0.462 e. The molecule has 1 aromatic heterocycles. The maximum absolute atomic E-state index is 10.5. The highest BCUT2D eigenvalue weighted by Crippen LogP contribution is 2.14. The molecule has 0 saturated heterocycles. The number of nitrogens with zero attached hydrogens (tertiary/aromatic N) is 3. The van der Waals surface area contributed by atoms with Crippen LogP contribution in [0, 0.1) is 0 Å². The van der Waals surface area contributed by atoms with Gasteiger partial charge < -0.3 is 10.5 Å². The van der Waals surface area contributed by atoms with E-state index in [9.17, 15) is 4.79 Å². The molecule has 0 radical (unpaired) electrons. The molecule has 0 fully saturated rings. The summed E-state index contributed by atoms with van der Waals surface area (Å²) < 4.78 is 7.77. The normalized spacial score (nSPS) is 10.3. The van der Waals surface area contributed by atoms with Crippen molar-refractivity contribution in [1.29, 1.82) is 0 Å². The molecule has 18 heavy (non-hydrogen) atoms. The molecule has 0 aliphatic rings. The number of hydrogen-bond acceptors (Lipinski definition) is 4. The van der Waals surface area contributed by atoms with Crippen LogP contribution in [-0.2, 0) is 4.79 Å². The number of hydrogen-bond donors (Lipinski definition) is 1. The summed E-state index contributed by atoms with van der Waals surface area (Å²) in [5.74, 6) is -0.414. The van der Waals surface area contributed by atoms with Crippen molar-refractivity contribution in [3.63, 3.8) is 0 Å². The van der Waals surface area contributed by atoms with Gasteiger partial charge in [0, 0.05) is 4.47 Å². The molecule has 1 aromatic carbocycles. The Hall–Kier alpha value is -1.89. The lowest BCUT2D eigenvalue weighted by Gasteiger charge is -2.00. The molecular formula is C11H11BrN4O2. The first-order valence-electron chi connectivity index (χ1n) is 5.24. The van der Waals surface area contributed by atoms with Gasteiger partial charge in [-0.3, -0.25) is 4.79 Å². The Kier molecular flexibility index (Phi) is 3.93. The van der Waals surface area contributed by atoms with Crippen LogP contribution in [0.4, 0.5) is 0 Å². The number of aromatic nitrogens is 3. The predicted octanol–water partition coefficient (Wildman–Crippen LogP) is 1.28. The summed E-state index contributed by atoms with van der Waals surface area (Å²) in [4.78, 5) is 14.5. The van der Waals surface area contributed by atoms with Crippen molar-refractivity contribution in [2.75, 3.05) is 6.61 Å². The van der Waals surface area contributed by atoms with Gasteiger partial charge in [0.1, 0.15) is 12.9 Å². The van der Waals surface area contributed by atoms with E-state index < -0.39 is 5.91 Å². The van der Waals surface area contributed by atoms with Crippen LogP contribution in [0.1, 0.15) is 6.42 Å².